The average Bonchev–Trinajstić information content (AvgIpc) is 3.05. The van der Waals surface area contributed by atoms with Crippen LogP contribution in [0.3, 0.4) is 0 Å². The van der Waals surface area contributed by atoms with Gasteiger partial charge in [0, 0.05) is 60.5 Å². The number of hydrogen-bond donors (Lipinski definition) is 3. The van der Waals surface area contributed by atoms with Gasteiger partial charge >= 0.3 is 6.18 Å². The van der Waals surface area contributed by atoms with Crippen molar-refractivity contribution < 1.29 is 22.8 Å². The van der Waals surface area contributed by atoms with Crippen LogP contribution >= 0.6 is 0 Å². The lowest BCUT2D eigenvalue weighted by Crippen LogP contribution is -2.37. The topological polar surface area (TPSA) is 166 Å². The highest BCUT2D eigenvalue weighted by Gasteiger charge is 2.28. The summed E-state index contributed by atoms with van der Waals surface area (Å²) in [5.41, 5.74) is 0.639. The fourth-order valence-electron chi connectivity index (χ4n) is 5.38. The number of halogens is 3. The molecule has 50 heavy (non-hydrogen) atoms. The van der Waals surface area contributed by atoms with Crippen LogP contribution in [0.1, 0.15) is 43.9 Å². The summed E-state index contributed by atoms with van der Waals surface area (Å²) in [6, 6.07) is 10.6. The molecule has 0 bridgehead atoms. The monoisotopic (exact) mass is 693 g/mol. The van der Waals surface area contributed by atoms with Gasteiger partial charge in [0.15, 0.2) is 0 Å². The minimum absolute atomic E-state index is 0.00494. The highest BCUT2D eigenvalue weighted by Crippen LogP contribution is 2.29. The Balaban J connectivity index is 1.23. The lowest BCUT2D eigenvalue weighted by atomic mass is 9.83. The van der Waals surface area contributed by atoms with Crippen LogP contribution in [0.15, 0.2) is 64.4 Å². The SMILES string of the molecule is CCNC(=O)Cn1nc(-c2ccc(CC(F)(F)F)nc2)cc(CCNC(=O)Cn2nc(-c3ccc(NCCC4CCC4)nc3)ccc2=O)c1=O. The van der Waals surface area contributed by atoms with Crippen LogP contribution in [0.25, 0.3) is 22.5 Å². The van der Waals surface area contributed by atoms with Gasteiger partial charge in [0.05, 0.1) is 17.8 Å². The fourth-order valence-corrected chi connectivity index (χ4v) is 5.38. The molecule has 2 amide bonds. The van der Waals surface area contributed by atoms with Crippen LogP contribution in [-0.2, 0) is 35.5 Å². The van der Waals surface area contributed by atoms with Crippen LogP contribution < -0.4 is 27.1 Å². The minimum atomic E-state index is -4.42. The number of aromatic nitrogens is 6. The van der Waals surface area contributed by atoms with Gasteiger partial charge in [-0.05, 0) is 62.1 Å². The van der Waals surface area contributed by atoms with Crippen molar-refractivity contribution in [1.29, 1.82) is 0 Å². The zero-order valence-electron chi connectivity index (χ0n) is 27.5. The molecular weight excluding hydrogens is 655 g/mol. The van der Waals surface area contributed by atoms with Crippen LogP contribution in [0.5, 0.6) is 0 Å². The normalized spacial score (nSPS) is 13.0. The third-order valence-electron chi connectivity index (χ3n) is 8.24. The minimum Gasteiger partial charge on any atom is -0.370 e. The van der Waals surface area contributed by atoms with Crippen molar-refractivity contribution in [2.75, 3.05) is 25.0 Å². The van der Waals surface area contributed by atoms with Crippen LogP contribution in [0, 0.1) is 5.92 Å². The number of alkyl halides is 3. The molecule has 0 aromatic carbocycles. The molecule has 0 atom stereocenters. The van der Waals surface area contributed by atoms with E-state index in [4.69, 9.17) is 0 Å². The molecule has 13 nitrogen and oxygen atoms in total. The molecule has 0 saturated heterocycles. The summed E-state index contributed by atoms with van der Waals surface area (Å²) in [5.74, 6) is 0.551. The summed E-state index contributed by atoms with van der Waals surface area (Å²) in [6.07, 6.45) is 2.27. The number of anilines is 1. The smallest absolute Gasteiger partial charge is 0.370 e. The number of amides is 2. The highest BCUT2D eigenvalue weighted by molar-refractivity contribution is 5.76. The largest absolute Gasteiger partial charge is 0.394 e. The second kappa shape index (κ2) is 16.3. The zero-order valence-corrected chi connectivity index (χ0v) is 27.5. The molecule has 3 N–H and O–H groups in total. The van der Waals surface area contributed by atoms with Crippen molar-refractivity contribution in [2.45, 2.75) is 64.7 Å². The molecule has 1 saturated carbocycles. The van der Waals surface area contributed by atoms with Crippen molar-refractivity contribution in [3.63, 3.8) is 0 Å². The van der Waals surface area contributed by atoms with E-state index >= 15 is 0 Å². The zero-order chi connectivity index (χ0) is 35.7. The first-order valence-electron chi connectivity index (χ1n) is 16.4. The second-order valence-corrected chi connectivity index (χ2v) is 12.1. The summed E-state index contributed by atoms with van der Waals surface area (Å²) < 4.78 is 40.4. The number of nitrogens with one attached hydrogen (secondary N) is 3. The molecule has 4 aromatic heterocycles. The third-order valence-corrected chi connectivity index (χ3v) is 8.24. The Hall–Kier alpha value is -5.41. The summed E-state index contributed by atoms with van der Waals surface area (Å²) in [4.78, 5) is 59.2. The Morgan fingerprint density at radius 1 is 0.860 bits per heavy atom. The van der Waals surface area contributed by atoms with Gasteiger partial charge in [0.2, 0.25) is 11.8 Å². The van der Waals surface area contributed by atoms with Gasteiger partial charge in [-0.25, -0.2) is 14.3 Å². The number of rotatable bonds is 15. The number of pyridine rings is 2. The van der Waals surface area contributed by atoms with Crippen molar-refractivity contribution in [1.82, 2.24) is 40.2 Å². The van der Waals surface area contributed by atoms with Gasteiger partial charge in [-0.15, -0.1) is 0 Å². The van der Waals surface area contributed by atoms with Crippen molar-refractivity contribution in [3.8, 4) is 22.5 Å². The van der Waals surface area contributed by atoms with Gasteiger partial charge in [-0.3, -0.25) is 24.2 Å². The average molecular weight is 694 g/mol. The number of carbonyl (C=O) groups excluding carboxylic acids is 2. The summed E-state index contributed by atoms with van der Waals surface area (Å²) in [6.45, 7) is 2.13. The molecule has 0 aliphatic heterocycles. The molecule has 5 rings (SSSR count). The predicted molar refractivity (Wildman–Crippen MR) is 179 cm³/mol. The Morgan fingerprint density at radius 2 is 1.56 bits per heavy atom. The quantitative estimate of drug-likeness (QED) is 0.170. The number of hydrogen-bond acceptors (Lipinski definition) is 9. The molecule has 0 spiro atoms. The third kappa shape index (κ3) is 10.1. The summed E-state index contributed by atoms with van der Waals surface area (Å²) in [5, 5.41) is 17.2. The van der Waals surface area contributed by atoms with E-state index in [-0.39, 0.29) is 43.0 Å². The predicted octanol–water partition coefficient (Wildman–Crippen LogP) is 3.13. The summed E-state index contributed by atoms with van der Waals surface area (Å²) in [7, 11) is 0. The number of nitrogens with zero attached hydrogens (tertiary/aromatic N) is 6. The van der Waals surface area contributed by atoms with Gasteiger partial charge in [-0.2, -0.15) is 23.4 Å². The standard InChI is InChI=1S/C34H38F3N9O4/c1-2-38-30(47)21-46-33(50)23(16-28(44-46)25-6-8-26(41-18-25)17-34(35,36)37)13-15-40-31(48)20-45-32(49)11-9-27(43-45)24-7-10-29(42-19-24)39-14-12-22-4-3-5-22/h6-11,16,18-19,22H,2-5,12-15,17,20-21H2,1H3,(H,38,47)(H,39,42)(H,40,48). The molecule has 264 valence electrons. The fraction of sp³-hybridized carbons (Fsp3) is 0.412. The molecule has 4 aromatic rings. The first-order chi connectivity index (χ1) is 24.0. The molecule has 1 aliphatic rings. The number of carbonyl (C=O) groups is 2. The summed E-state index contributed by atoms with van der Waals surface area (Å²) >= 11 is 0. The molecule has 0 radical (unpaired) electrons. The van der Waals surface area contributed by atoms with Crippen molar-refractivity contribution >= 4 is 17.6 Å². The molecular formula is C34H38F3N9O4. The van der Waals surface area contributed by atoms with Gasteiger partial charge < -0.3 is 16.0 Å². The molecule has 0 unspecified atom stereocenters. The maximum Gasteiger partial charge on any atom is 0.394 e. The lowest BCUT2D eigenvalue weighted by Gasteiger charge is -2.25. The Bertz CT molecular complexity index is 1910. The molecule has 16 heteroatoms. The van der Waals surface area contributed by atoms with E-state index in [2.05, 4.69) is 36.1 Å². The molecule has 1 fully saturated rings. The Kier molecular flexibility index (Phi) is 11.7. The van der Waals surface area contributed by atoms with E-state index < -0.39 is 35.5 Å². The van der Waals surface area contributed by atoms with Crippen molar-refractivity contribution in [2.24, 2.45) is 5.92 Å². The van der Waals surface area contributed by atoms with E-state index in [0.29, 0.717) is 23.4 Å². The maximum absolute atomic E-state index is 13.2. The van der Waals surface area contributed by atoms with Gasteiger partial charge in [0.25, 0.3) is 11.1 Å². The van der Waals surface area contributed by atoms with E-state index in [1.54, 1.807) is 19.2 Å². The first kappa shape index (κ1) is 35.9. The maximum atomic E-state index is 13.2. The first-order valence-corrected chi connectivity index (χ1v) is 16.4. The van der Waals surface area contributed by atoms with E-state index in [1.807, 2.05) is 12.1 Å². The van der Waals surface area contributed by atoms with E-state index in [1.165, 1.54) is 49.7 Å². The molecule has 1 aliphatic carbocycles. The van der Waals surface area contributed by atoms with Crippen LogP contribution in [0.4, 0.5) is 19.0 Å². The van der Waals surface area contributed by atoms with Crippen LogP contribution in [0.2, 0.25) is 0 Å². The molecule has 4 heterocycles. The van der Waals surface area contributed by atoms with Crippen LogP contribution in [-0.4, -0.2) is 67.2 Å². The van der Waals surface area contributed by atoms with Gasteiger partial charge in [-0.1, -0.05) is 19.3 Å². The van der Waals surface area contributed by atoms with E-state index in [9.17, 15) is 32.3 Å². The Labute approximate surface area is 285 Å². The van der Waals surface area contributed by atoms with E-state index in [0.717, 1.165) is 34.1 Å². The lowest BCUT2D eigenvalue weighted by molar-refractivity contribution is -0.128. The Morgan fingerprint density at radius 3 is 2.22 bits per heavy atom. The highest BCUT2D eigenvalue weighted by atomic mass is 19.4. The second-order valence-electron chi connectivity index (χ2n) is 12.1. The number of likely N-dealkylation sites (N-methyl/N-ethyl adjacent to an activating group) is 1. The van der Waals surface area contributed by atoms with Crippen molar-refractivity contribution in [3.05, 3.63) is 86.8 Å². The van der Waals surface area contributed by atoms with Gasteiger partial charge in [0.1, 0.15) is 18.9 Å².